The van der Waals surface area contributed by atoms with Gasteiger partial charge < -0.3 is 10.1 Å². The van der Waals surface area contributed by atoms with E-state index in [1.165, 1.54) is 12.0 Å². The highest BCUT2D eigenvalue weighted by atomic mass is 35.5. The predicted octanol–water partition coefficient (Wildman–Crippen LogP) is 1.94. The van der Waals surface area contributed by atoms with E-state index in [4.69, 9.17) is 16.3 Å². The number of hydrogen-bond donors (Lipinski definition) is 1. The van der Waals surface area contributed by atoms with Gasteiger partial charge in [-0.2, -0.15) is 5.10 Å². The average Bonchev–Trinajstić information content (AvgIpc) is 2.58. The Morgan fingerprint density at radius 2 is 2.33 bits per heavy atom. The molecular weight excluding hydrogens is 250 g/mol. The van der Waals surface area contributed by atoms with Crippen LogP contribution in [-0.2, 0) is 18.2 Å². The van der Waals surface area contributed by atoms with Crippen LogP contribution in [0.15, 0.2) is 0 Å². The number of rotatable bonds is 4. The highest BCUT2D eigenvalue weighted by molar-refractivity contribution is 6.30. The standard InChI is InChI=1S/C13H22ClN3O/c1-10-11(12(14)17(3)16-10)7-13(8-15-2)5-4-6-18-9-13/h15H,4-9H2,1-3H3. The first-order chi connectivity index (χ1) is 8.58. The third-order valence-corrected chi connectivity index (χ3v) is 4.25. The molecule has 2 heterocycles. The largest absolute Gasteiger partial charge is 0.381 e. The number of ether oxygens (including phenoxy) is 1. The Morgan fingerprint density at radius 1 is 1.56 bits per heavy atom. The van der Waals surface area contributed by atoms with Gasteiger partial charge in [-0.1, -0.05) is 11.6 Å². The zero-order valence-electron chi connectivity index (χ0n) is 11.4. The second-order valence-electron chi connectivity index (χ2n) is 5.34. The topological polar surface area (TPSA) is 39.1 Å². The highest BCUT2D eigenvalue weighted by Crippen LogP contribution is 2.35. The lowest BCUT2D eigenvalue weighted by Gasteiger charge is -2.37. The number of aryl methyl sites for hydroxylation is 2. The van der Waals surface area contributed by atoms with E-state index in [1.807, 2.05) is 21.0 Å². The second-order valence-corrected chi connectivity index (χ2v) is 5.70. The third-order valence-electron chi connectivity index (χ3n) is 3.78. The fraction of sp³-hybridized carbons (Fsp3) is 0.769. The fourth-order valence-electron chi connectivity index (χ4n) is 2.88. The maximum absolute atomic E-state index is 6.33. The first-order valence-electron chi connectivity index (χ1n) is 6.48. The van der Waals surface area contributed by atoms with Crippen LogP contribution in [0.3, 0.4) is 0 Å². The maximum Gasteiger partial charge on any atom is 0.130 e. The minimum absolute atomic E-state index is 0.157. The molecule has 4 nitrogen and oxygen atoms in total. The van der Waals surface area contributed by atoms with Crippen LogP contribution in [0.2, 0.25) is 5.15 Å². The number of aromatic nitrogens is 2. The van der Waals surface area contributed by atoms with E-state index in [2.05, 4.69) is 10.4 Å². The van der Waals surface area contributed by atoms with Crippen molar-refractivity contribution in [2.75, 3.05) is 26.8 Å². The summed E-state index contributed by atoms with van der Waals surface area (Å²) in [5.74, 6) is 0. The zero-order valence-corrected chi connectivity index (χ0v) is 12.2. The molecule has 0 bridgehead atoms. The molecule has 2 rings (SSSR count). The molecule has 1 aliphatic rings. The smallest absolute Gasteiger partial charge is 0.130 e. The molecule has 0 aliphatic carbocycles. The summed E-state index contributed by atoms with van der Waals surface area (Å²) in [5, 5.41) is 8.44. The molecule has 1 unspecified atom stereocenters. The molecule has 1 aromatic rings. The van der Waals surface area contributed by atoms with Gasteiger partial charge in [0.25, 0.3) is 0 Å². The normalized spacial score (nSPS) is 24.4. The Morgan fingerprint density at radius 3 is 2.83 bits per heavy atom. The molecule has 1 aromatic heterocycles. The summed E-state index contributed by atoms with van der Waals surface area (Å²) in [6.07, 6.45) is 3.24. The fourth-order valence-corrected chi connectivity index (χ4v) is 3.12. The summed E-state index contributed by atoms with van der Waals surface area (Å²) in [6.45, 7) is 4.67. The van der Waals surface area contributed by atoms with Crippen LogP contribution in [0.5, 0.6) is 0 Å². The lowest BCUT2D eigenvalue weighted by Crippen LogP contribution is -2.41. The molecule has 5 heteroatoms. The first-order valence-corrected chi connectivity index (χ1v) is 6.86. The number of halogens is 1. The summed E-state index contributed by atoms with van der Waals surface area (Å²) in [6, 6.07) is 0. The Labute approximate surface area is 114 Å². The van der Waals surface area contributed by atoms with Crippen LogP contribution in [0.25, 0.3) is 0 Å². The number of hydrogen-bond acceptors (Lipinski definition) is 3. The molecule has 1 fully saturated rings. The Hall–Kier alpha value is -0.580. The van der Waals surface area contributed by atoms with Crippen LogP contribution >= 0.6 is 11.6 Å². The predicted molar refractivity (Wildman–Crippen MR) is 73.1 cm³/mol. The van der Waals surface area contributed by atoms with E-state index in [-0.39, 0.29) is 5.41 Å². The molecule has 1 aliphatic heterocycles. The van der Waals surface area contributed by atoms with Gasteiger partial charge in [-0.05, 0) is 33.2 Å². The number of nitrogens with one attached hydrogen (secondary N) is 1. The van der Waals surface area contributed by atoms with Gasteiger partial charge >= 0.3 is 0 Å². The van der Waals surface area contributed by atoms with Crippen LogP contribution in [0, 0.1) is 12.3 Å². The van der Waals surface area contributed by atoms with E-state index in [9.17, 15) is 0 Å². The lowest BCUT2D eigenvalue weighted by atomic mass is 9.77. The number of nitrogens with zero attached hydrogens (tertiary/aromatic N) is 2. The molecule has 0 radical (unpaired) electrons. The molecule has 0 spiro atoms. The monoisotopic (exact) mass is 271 g/mol. The summed E-state index contributed by atoms with van der Waals surface area (Å²) >= 11 is 6.33. The maximum atomic E-state index is 6.33. The van der Waals surface area contributed by atoms with E-state index < -0.39 is 0 Å². The summed E-state index contributed by atoms with van der Waals surface area (Å²) < 4.78 is 7.44. The van der Waals surface area contributed by atoms with E-state index >= 15 is 0 Å². The van der Waals surface area contributed by atoms with Gasteiger partial charge in [0.05, 0.1) is 12.3 Å². The minimum Gasteiger partial charge on any atom is -0.381 e. The van der Waals surface area contributed by atoms with Gasteiger partial charge in [-0.3, -0.25) is 4.68 Å². The Bertz CT molecular complexity index is 405. The van der Waals surface area contributed by atoms with Crippen LogP contribution in [-0.4, -0.2) is 36.6 Å². The van der Waals surface area contributed by atoms with Crippen molar-refractivity contribution in [3.05, 3.63) is 16.4 Å². The highest BCUT2D eigenvalue weighted by Gasteiger charge is 2.34. The molecule has 102 valence electrons. The van der Waals surface area contributed by atoms with Crippen molar-refractivity contribution in [2.45, 2.75) is 26.2 Å². The van der Waals surface area contributed by atoms with Crippen molar-refractivity contribution in [3.8, 4) is 0 Å². The summed E-state index contributed by atoms with van der Waals surface area (Å²) in [7, 11) is 3.88. The van der Waals surface area contributed by atoms with Crippen molar-refractivity contribution in [1.82, 2.24) is 15.1 Å². The lowest BCUT2D eigenvalue weighted by molar-refractivity contribution is -0.00630. The molecule has 1 saturated heterocycles. The minimum atomic E-state index is 0.157. The SMILES string of the molecule is CNCC1(Cc2c(C)nn(C)c2Cl)CCCOC1. The molecular formula is C13H22ClN3O. The van der Waals surface area contributed by atoms with Gasteiger partial charge in [0.1, 0.15) is 5.15 Å². The van der Waals surface area contributed by atoms with Gasteiger partial charge in [0.15, 0.2) is 0 Å². The summed E-state index contributed by atoms with van der Waals surface area (Å²) in [4.78, 5) is 0. The van der Waals surface area contributed by atoms with Gasteiger partial charge in [-0.25, -0.2) is 0 Å². The quantitative estimate of drug-likeness (QED) is 0.910. The second kappa shape index (κ2) is 5.59. The van der Waals surface area contributed by atoms with E-state index in [0.717, 1.165) is 43.4 Å². The molecule has 1 N–H and O–H groups in total. The van der Waals surface area contributed by atoms with Gasteiger partial charge in [-0.15, -0.1) is 0 Å². The van der Waals surface area contributed by atoms with Crippen molar-refractivity contribution in [2.24, 2.45) is 12.5 Å². The average molecular weight is 272 g/mol. The molecule has 18 heavy (non-hydrogen) atoms. The molecule has 1 atom stereocenters. The van der Waals surface area contributed by atoms with E-state index in [0.29, 0.717) is 0 Å². The van der Waals surface area contributed by atoms with E-state index in [1.54, 1.807) is 4.68 Å². The van der Waals surface area contributed by atoms with Gasteiger partial charge in [0, 0.05) is 31.2 Å². The van der Waals surface area contributed by atoms with Crippen molar-refractivity contribution in [1.29, 1.82) is 0 Å². The zero-order chi connectivity index (χ0) is 13.2. The summed E-state index contributed by atoms with van der Waals surface area (Å²) in [5.41, 5.74) is 2.35. The Kier molecular flexibility index (Phi) is 4.30. The van der Waals surface area contributed by atoms with Gasteiger partial charge in [0.2, 0.25) is 0 Å². The van der Waals surface area contributed by atoms with Crippen molar-refractivity contribution >= 4 is 11.6 Å². The van der Waals surface area contributed by atoms with Crippen LogP contribution in [0.4, 0.5) is 0 Å². The Balaban J connectivity index is 2.22. The van der Waals surface area contributed by atoms with Crippen molar-refractivity contribution in [3.63, 3.8) is 0 Å². The molecule has 0 amide bonds. The molecule has 0 aromatic carbocycles. The van der Waals surface area contributed by atoms with Crippen LogP contribution < -0.4 is 5.32 Å². The molecule has 0 saturated carbocycles. The van der Waals surface area contributed by atoms with Crippen LogP contribution in [0.1, 0.15) is 24.1 Å². The first kappa shape index (κ1) is 13.8. The third kappa shape index (κ3) is 2.71. The van der Waals surface area contributed by atoms with Crippen molar-refractivity contribution < 1.29 is 4.74 Å².